The van der Waals surface area contributed by atoms with Crippen molar-refractivity contribution in [2.45, 2.75) is 12.3 Å². The Morgan fingerprint density at radius 1 is 1.00 bits per heavy atom. The maximum Gasteiger partial charge on any atom is 0.351 e. The van der Waals surface area contributed by atoms with E-state index in [9.17, 15) is 14.4 Å². The van der Waals surface area contributed by atoms with E-state index in [0.29, 0.717) is 6.54 Å². The Bertz CT molecular complexity index is 708. The van der Waals surface area contributed by atoms with Crippen LogP contribution in [0.2, 0.25) is 0 Å². The molecule has 2 aromatic carbocycles. The predicted octanol–water partition coefficient (Wildman–Crippen LogP) is 3.22. The molecular weight excluding hydrogens is 285 g/mol. The van der Waals surface area contributed by atoms with E-state index in [4.69, 9.17) is 0 Å². The van der Waals surface area contributed by atoms with Crippen molar-refractivity contribution in [3.05, 3.63) is 71.8 Å². The van der Waals surface area contributed by atoms with Gasteiger partial charge < -0.3 is 14.7 Å². The van der Waals surface area contributed by atoms with Gasteiger partial charge in [-0.1, -0.05) is 54.6 Å². The zero-order valence-corrected chi connectivity index (χ0v) is 12.2. The Hall–Kier alpha value is -1.87. The standard InChI is InChI=1S/C16H16NO3P/c18-21(19,20)16-11-10-14-8-4-5-9-15(14)17(16)12-13-6-2-1-3-7-13/h1-11,16H,12H2,(H2,18,19,20). The molecule has 5 heteroatoms. The summed E-state index contributed by atoms with van der Waals surface area (Å²) in [5.74, 6) is -0.924. The second kappa shape index (κ2) is 5.49. The fourth-order valence-electron chi connectivity index (χ4n) is 2.58. The molecule has 0 spiro atoms. The Morgan fingerprint density at radius 3 is 2.38 bits per heavy atom. The van der Waals surface area contributed by atoms with Crippen LogP contribution in [-0.2, 0) is 11.1 Å². The average Bonchev–Trinajstić information content (AvgIpc) is 2.47. The van der Waals surface area contributed by atoms with E-state index in [2.05, 4.69) is 0 Å². The minimum atomic E-state index is -4.25. The SMILES string of the molecule is O=P(O)(O)C1C=Cc2ccccc2N1Cc1ccccc1. The Kier molecular flexibility index (Phi) is 3.68. The first kappa shape index (κ1) is 14.1. The maximum atomic E-state index is 11.8. The lowest BCUT2D eigenvalue weighted by molar-refractivity contribution is 0.362. The first-order valence-electron chi connectivity index (χ1n) is 6.69. The molecular formula is C16H16NO3P. The third-order valence-electron chi connectivity index (χ3n) is 3.55. The van der Waals surface area contributed by atoms with Crippen molar-refractivity contribution in [1.29, 1.82) is 0 Å². The molecule has 0 aliphatic carbocycles. The molecule has 1 aliphatic rings. The largest absolute Gasteiger partial charge is 0.351 e. The van der Waals surface area contributed by atoms with Gasteiger partial charge in [-0.3, -0.25) is 4.57 Å². The molecule has 1 heterocycles. The lowest BCUT2D eigenvalue weighted by Gasteiger charge is -2.35. The Balaban J connectivity index is 2.03. The fraction of sp³-hybridized carbons (Fsp3) is 0.125. The maximum absolute atomic E-state index is 11.8. The summed E-state index contributed by atoms with van der Waals surface area (Å²) in [6.45, 7) is 0.456. The Morgan fingerprint density at radius 2 is 1.67 bits per heavy atom. The summed E-state index contributed by atoms with van der Waals surface area (Å²) in [7, 11) is -4.25. The monoisotopic (exact) mass is 301 g/mol. The van der Waals surface area contributed by atoms with Gasteiger partial charge in [0.05, 0.1) is 0 Å². The molecule has 2 N–H and O–H groups in total. The van der Waals surface area contributed by atoms with Crippen molar-refractivity contribution >= 4 is 19.4 Å². The van der Waals surface area contributed by atoms with E-state index in [1.54, 1.807) is 17.1 Å². The lowest BCUT2D eigenvalue weighted by atomic mass is 10.1. The first-order valence-corrected chi connectivity index (χ1v) is 8.37. The van der Waals surface area contributed by atoms with Crippen molar-refractivity contribution in [2.75, 3.05) is 4.90 Å². The quantitative estimate of drug-likeness (QED) is 0.855. The highest BCUT2D eigenvalue weighted by Crippen LogP contribution is 2.48. The van der Waals surface area contributed by atoms with Gasteiger partial charge in [0.1, 0.15) is 0 Å². The van der Waals surface area contributed by atoms with E-state index in [-0.39, 0.29) is 0 Å². The zero-order valence-electron chi connectivity index (χ0n) is 11.3. The summed E-state index contributed by atoms with van der Waals surface area (Å²) in [5, 5.41) is 0. The van der Waals surface area contributed by atoms with Crippen LogP contribution in [0.4, 0.5) is 5.69 Å². The van der Waals surface area contributed by atoms with Crippen molar-refractivity contribution < 1.29 is 14.4 Å². The molecule has 0 fully saturated rings. The second-order valence-corrected chi connectivity index (χ2v) is 6.74. The summed E-state index contributed by atoms with van der Waals surface area (Å²) in [4.78, 5) is 21.0. The van der Waals surface area contributed by atoms with Gasteiger partial charge in [0, 0.05) is 12.2 Å². The van der Waals surface area contributed by atoms with E-state index >= 15 is 0 Å². The Labute approximate surface area is 123 Å². The van der Waals surface area contributed by atoms with E-state index < -0.39 is 13.4 Å². The van der Waals surface area contributed by atoms with Crippen molar-refractivity contribution in [2.24, 2.45) is 0 Å². The number of anilines is 1. The molecule has 108 valence electrons. The van der Waals surface area contributed by atoms with Gasteiger partial charge in [-0.2, -0.15) is 0 Å². The second-order valence-electron chi connectivity index (χ2n) is 5.03. The smallest absolute Gasteiger partial charge is 0.349 e. The highest BCUT2D eigenvalue weighted by atomic mass is 31.2. The van der Waals surface area contributed by atoms with Crippen LogP contribution in [0.3, 0.4) is 0 Å². The molecule has 0 saturated carbocycles. The number of rotatable bonds is 3. The number of hydrogen-bond donors (Lipinski definition) is 2. The van der Waals surface area contributed by atoms with Gasteiger partial charge in [-0.15, -0.1) is 0 Å². The molecule has 2 aromatic rings. The van der Waals surface area contributed by atoms with E-state index in [1.807, 2.05) is 54.6 Å². The van der Waals surface area contributed by atoms with Gasteiger partial charge in [0.15, 0.2) is 5.78 Å². The summed E-state index contributed by atoms with van der Waals surface area (Å²) < 4.78 is 11.8. The predicted molar refractivity (Wildman–Crippen MR) is 83.9 cm³/mol. The molecule has 4 nitrogen and oxygen atoms in total. The molecule has 21 heavy (non-hydrogen) atoms. The summed E-state index contributed by atoms with van der Waals surface area (Å²) in [5.41, 5.74) is 2.83. The fourth-order valence-corrected chi connectivity index (χ4v) is 3.46. The van der Waals surface area contributed by atoms with Gasteiger partial charge in [0.2, 0.25) is 0 Å². The molecule has 0 amide bonds. The number of hydrogen-bond acceptors (Lipinski definition) is 2. The highest BCUT2D eigenvalue weighted by Gasteiger charge is 2.35. The van der Waals surface area contributed by atoms with Crippen LogP contribution in [-0.4, -0.2) is 15.6 Å². The van der Waals surface area contributed by atoms with Gasteiger partial charge >= 0.3 is 7.60 Å². The van der Waals surface area contributed by atoms with Crippen molar-refractivity contribution in [3.8, 4) is 0 Å². The molecule has 1 unspecified atom stereocenters. The minimum absolute atomic E-state index is 0.456. The minimum Gasteiger partial charge on any atom is -0.349 e. The highest BCUT2D eigenvalue weighted by molar-refractivity contribution is 7.53. The normalized spacial score (nSPS) is 17.6. The summed E-state index contributed by atoms with van der Waals surface area (Å²) >= 11 is 0. The molecule has 0 bridgehead atoms. The van der Waals surface area contributed by atoms with Crippen LogP contribution in [0, 0.1) is 0 Å². The van der Waals surface area contributed by atoms with Crippen LogP contribution in [0.15, 0.2) is 60.7 Å². The molecule has 3 rings (SSSR count). The van der Waals surface area contributed by atoms with E-state index in [0.717, 1.165) is 16.8 Å². The lowest BCUT2D eigenvalue weighted by Crippen LogP contribution is -2.35. The van der Waals surface area contributed by atoms with Crippen molar-refractivity contribution in [1.82, 2.24) is 0 Å². The van der Waals surface area contributed by atoms with Crippen LogP contribution in [0.25, 0.3) is 6.08 Å². The average molecular weight is 301 g/mol. The number of para-hydroxylation sites is 1. The van der Waals surface area contributed by atoms with Gasteiger partial charge in [-0.05, 0) is 23.3 Å². The number of fused-ring (bicyclic) bond motifs is 1. The van der Waals surface area contributed by atoms with Crippen LogP contribution >= 0.6 is 7.60 Å². The zero-order chi connectivity index (χ0) is 14.9. The van der Waals surface area contributed by atoms with Crippen LogP contribution < -0.4 is 4.90 Å². The molecule has 1 aliphatic heterocycles. The molecule has 0 radical (unpaired) electrons. The van der Waals surface area contributed by atoms with Crippen molar-refractivity contribution in [3.63, 3.8) is 0 Å². The molecule has 1 atom stereocenters. The van der Waals surface area contributed by atoms with Crippen LogP contribution in [0.5, 0.6) is 0 Å². The number of nitrogens with zero attached hydrogens (tertiary/aromatic N) is 1. The van der Waals surface area contributed by atoms with E-state index in [1.165, 1.54) is 0 Å². The number of benzene rings is 2. The third kappa shape index (κ3) is 2.93. The summed E-state index contributed by atoms with van der Waals surface area (Å²) in [6.07, 6.45) is 3.37. The third-order valence-corrected chi connectivity index (χ3v) is 4.69. The molecule has 0 aromatic heterocycles. The summed E-state index contributed by atoms with van der Waals surface area (Å²) in [6, 6.07) is 17.3. The van der Waals surface area contributed by atoms with Crippen LogP contribution in [0.1, 0.15) is 11.1 Å². The van der Waals surface area contributed by atoms with Gasteiger partial charge in [0.25, 0.3) is 0 Å². The molecule has 0 saturated heterocycles. The van der Waals surface area contributed by atoms with Gasteiger partial charge in [-0.25, -0.2) is 0 Å². The first-order chi connectivity index (χ1) is 10.1. The topological polar surface area (TPSA) is 60.8 Å².